The number of anilines is 1. The van der Waals surface area contributed by atoms with E-state index in [1.54, 1.807) is 36.5 Å². The van der Waals surface area contributed by atoms with Crippen LogP contribution in [0.2, 0.25) is 5.02 Å². The monoisotopic (exact) mass is 448 g/mol. The molecule has 0 spiro atoms. The highest BCUT2D eigenvalue weighted by atomic mass is 35.5. The lowest BCUT2D eigenvalue weighted by Crippen LogP contribution is -2.23. The minimum Gasteiger partial charge on any atom is -0.346 e. The molecule has 0 bridgehead atoms. The van der Waals surface area contributed by atoms with Gasteiger partial charge in [-0.3, -0.25) is 14.6 Å². The van der Waals surface area contributed by atoms with E-state index in [1.807, 2.05) is 36.4 Å². The molecule has 0 radical (unpaired) electrons. The van der Waals surface area contributed by atoms with Crippen molar-refractivity contribution in [3.8, 4) is 10.6 Å². The van der Waals surface area contributed by atoms with E-state index >= 15 is 0 Å². The van der Waals surface area contributed by atoms with Crippen LogP contribution in [0, 0.1) is 0 Å². The van der Waals surface area contributed by atoms with E-state index in [0.29, 0.717) is 32.7 Å². The van der Waals surface area contributed by atoms with Crippen LogP contribution in [-0.2, 0) is 6.54 Å². The smallest absolute Gasteiger partial charge is 0.267 e. The summed E-state index contributed by atoms with van der Waals surface area (Å²) in [6.07, 6.45) is 3.19. The molecule has 0 aliphatic heterocycles. The average Bonchev–Trinajstić information content (AvgIpc) is 3.29. The van der Waals surface area contributed by atoms with Gasteiger partial charge < -0.3 is 10.6 Å². The Hall–Kier alpha value is -3.55. The summed E-state index contributed by atoms with van der Waals surface area (Å²) in [5, 5.41) is 6.87. The Kier molecular flexibility index (Phi) is 6.35. The van der Waals surface area contributed by atoms with Crippen LogP contribution in [0.5, 0.6) is 0 Å². The maximum atomic E-state index is 12.7. The first-order valence-corrected chi connectivity index (χ1v) is 10.6. The van der Waals surface area contributed by atoms with Crippen LogP contribution in [0.25, 0.3) is 10.6 Å². The van der Waals surface area contributed by atoms with Crippen molar-refractivity contribution in [2.45, 2.75) is 6.54 Å². The van der Waals surface area contributed by atoms with Gasteiger partial charge in [0.05, 0.1) is 23.5 Å². The molecular weight excluding hydrogens is 432 g/mol. The number of halogens is 1. The fourth-order valence-electron chi connectivity index (χ4n) is 2.84. The van der Waals surface area contributed by atoms with Gasteiger partial charge in [0.2, 0.25) is 0 Å². The molecule has 2 amide bonds. The molecule has 0 unspecified atom stereocenters. The number of rotatable bonds is 6. The Balaban J connectivity index is 1.42. The molecule has 4 aromatic rings. The van der Waals surface area contributed by atoms with Gasteiger partial charge in [0.1, 0.15) is 9.88 Å². The number of pyridine rings is 1. The van der Waals surface area contributed by atoms with E-state index in [2.05, 4.69) is 20.6 Å². The van der Waals surface area contributed by atoms with Crippen molar-refractivity contribution >= 4 is 40.4 Å². The second-order valence-corrected chi connectivity index (χ2v) is 7.99. The van der Waals surface area contributed by atoms with Gasteiger partial charge in [0.25, 0.3) is 11.8 Å². The molecule has 2 N–H and O–H groups in total. The SMILES string of the molecule is O=C(NCc1ccccn1)c1cccc(NC(=O)c2cnc(-c3ccccc3Cl)s2)c1. The van der Waals surface area contributed by atoms with Crippen LogP contribution in [-0.4, -0.2) is 21.8 Å². The zero-order valence-electron chi connectivity index (χ0n) is 16.2. The lowest BCUT2D eigenvalue weighted by Gasteiger charge is -2.08. The molecule has 2 aromatic heterocycles. The summed E-state index contributed by atoms with van der Waals surface area (Å²) >= 11 is 7.46. The fourth-order valence-corrected chi connectivity index (χ4v) is 3.98. The summed E-state index contributed by atoms with van der Waals surface area (Å²) in [4.78, 5) is 34.0. The number of carbonyl (C=O) groups is 2. The second kappa shape index (κ2) is 9.51. The first kappa shape index (κ1) is 20.7. The Bertz CT molecular complexity index is 1230. The summed E-state index contributed by atoms with van der Waals surface area (Å²) < 4.78 is 0. The highest BCUT2D eigenvalue weighted by Crippen LogP contribution is 2.31. The summed E-state index contributed by atoms with van der Waals surface area (Å²) in [5.41, 5.74) is 2.50. The van der Waals surface area contributed by atoms with Gasteiger partial charge in [-0.15, -0.1) is 11.3 Å². The molecule has 0 aliphatic rings. The lowest BCUT2D eigenvalue weighted by atomic mass is 10.2. The molecule has 154 valence electrons. The maximum absolute atomic E-state index is 12.7. The Labute approximate surface area is 188 Å². The van der Waals surface area contributed by atoms with Gasteiger partial charge in [0, 0.05) is 23.0 Å². The molecular formula is C23H17ClN4O2S. The van der Waals surface area contributed by atoms with Crippen molar-refractivity contribution in [1.82, 2.24) is 15.3 Å². The fraction of sp³-hybridized carbons (Fsp3) is 0.0435. The van der Waals surface area contributed by atoms with Gasteiger partial charge in [-0.2, -0.15) is 0 Å². The van der Waals surface area contributed by atoms with Gasteiger partial charge in [0.15, 0.2) is 0 Å². The predicted molar refractivity (Wildman–Crippen MR) is 122 cm³/mol. The summed E-state index contributed by atoms with van der Waals surface area (Å²) in [6.45, 7) is 0.321. The topological polar surface area (TPSA) is 84.0 Å². The molecule has 0 saturated carbocycles. The molecule has 0 atom stereocenters. The van der Waals surface area contributed by atoms with Gasteiger partial charge >= 0.3 is 0 Å². The van der Waals surface area contributed by atoms with Crippen molar-refractivity contribution in [3.05, 3.63) is 100 Å². The number of carbonyl (C=O) groups excluding carboxylic acids is 2. The van der Waals surface area contributed by atoms with Gasteiger partial charge in [-0.25, -0.2) is 4.98 Å². The van der Waals surface area contributed by atoms with Crippen molar-refractivity contribution in [1.29, 1.82) is 0 Å². The number of thiazole rings is 1. The first-order valence-electron chi connectivity index (χ1n) is 9.40. The van der Waals surface area contributed by atoms with E-state index < -0.39 is 0 Å². The number of hydrogen-bond acceptors (Lipinski definition) is 5. The van der Waals surface area contributed by atoms with Crippen molar-refractivity contribution < 1.29 is 9.59 Å². The second-order valence-electron chi connectivity index (χ2n) is 6.55. The van der Waals surface area contributed by atoms with E-state index in [0.717, 1.165) is 11.3 Å². The largest absolute Gasteiger partial charge is 0.346 e. The molecule has 2 heterocycles. The summed E-state index contributed by atoms with van der Waals surface area (Å²) in [5.74, 6) is -0.553. The van der Waals surface area contributed by atoms with Crippen LogP contribution in [0.1, 0.15) is 25.7 Å². The average molecular weight is 449 g/mol. The highest BCUT2D eigenvalue weighted by molar-refractivity contribution is 7.17. The standard InChI is InChI=1S/C23H17ClN4O2S/c24-19-10-2-1-9-18(19)23-27-14-20(31-23)22(30)28-16-8-5-6-15(12-16)21(29)26-13-17-7-3-4-11-25-17/h1-12,14H,13H2,(H,26,29)(H,28,30). The van der Waals surface area contributed by atoms with E-state index in [1.165, 1.54) is 17.5 Å². The molecule has 0 aliphatic carbocycles. The summed E-state index contributed by atoms with van der Waals surface area (Å²) in [7, 11) is 0. The summed E-state index contributed by atoms with van der Waals surface area (Å²) in [6, 6.07) is 19.6. The number of amides is 2. The van der Waals surface area contributed by atoms with Crippen LogP contribution in [0.15, 0.2) is 79.1 Å². The molecule has 31 heavy (non-hydrogen) atoms. The minimum atomic E-state index is -0.304. The number of nitrogens with zero attached hydrogens (tertiary/aromatic N) is 2. The molecule has 0 saturated heterocycles. The third kappa shape index (κ3) is 5.14. The Morgan fingerprint density at radius 2 is 1.77 bits per heavy atom. The van der Waals surface area contributed by atoms with Crippen molar-refractivity contribution in [2.75, 3.05) is 5.32 Å². The molecule has 4 rings (SSSR count). The van der Waals surface area contributed by atoms with E-state index in [9.17, 15) is 9.59 Å². The number of hydrogen-bond donors (Lipinski definition) is 2. The zero-order chi connectivity index (χ0) is 21.6. The van der Waals surface area contributed by atoms with E-state index in [-0.39, 0.29) is 11.8 Å². The Morgan fingerprint density at radius 3 is 2.58 bits per heavy atom. The predicted octanol–water partition coefficient (Wildman–Crippen LogP) is 5.04. The van der Waals surface area contributed by atoms with Crippen LogP contribution in [0.4, 0.5) is 5.69 Å². The van der Waals surface area contributed by atoms with Crippen LogP contribution in [0.3, 0.4) is 0 Å². The number of benzene rings is 2. The van der Waals surface area contributed by atoms with Gasteiger partial charge in [-0.1, -0.05) is 41.9 Å². The number of aromatic nitrogens is 2. The molecule has 6 nitrogen and oxygen atoms in total. The zero-order valence-corrected chi connectivity index (χ0v) is 17.8. The molecule has 2 aromatic carbocycles. The minimum absolute atomic E-state index is 0.249. The molecule has 0 fully saturated rings. The third-order valence-corrected chi connectivity index (χ3v) is 5.73. The maximum Gasteiger partial charge on any atom is 0.267 e. The van der Waals surface area contributed by atoms with Crippen LogP contribution < -0.4 is 10.6 Å². The quantitative estimate of drug-likeness (QED) is 0.432. The Morgan fingerprint density at radius 1 is 0.935 bits per heavy atom. The van der Waals surface area contributed by atoms with Gasteiger partial charge in [-0.05, 0) is 36.4 Å². The van der Waals surface area contributed by atoms with E-state index in [4.69, 9.17) is 11.6 Å². The number of nitrogens with one attached hydrogen (secondary N) is 2. The van der Waals surface area contributed by atoms with Crippen molar-refractivity contribution in [3.63, 3.8) is 0 Å². The molecule has 8 heteroatoms. The normalized spacial score (nSPS) is 10.5. The lowest BCUT2D eigenvalue weighted by molar-refractivity contribution is 0.0949. The highest BCUT2D eigenvalue weighted by Gasteiger charge is 2.14. The van der Waals surface area contributed by atoms with Crippen molar-refractivity contribution in [2.24, 2.45) is 0 Å². The first-order chi connectivity index (χ1) is 15.1. The van der Waals surface area contributed by atoms with Crippen LogP contribution >= 0.6 is 22.9 Å². The third-order valence-electron chi connectivity index (χ3n) is 4.37.